The van der Waals surface area contributed by atoms with E-state index in [0.29, 0.717) is 16.9 Å². The zero-order valence-corrected chi connectivity index (χ0v) is 18.9. The second kappa shape index (κ2) is 8.09. The largest absolute Gasteiger partial charge is 0.479 e. The van der Waals surface area contributed by atoms with Crippen LogP contribution in [0.15, 0.2) is 30.3 Å². The van der Waals surface area contributed by atoms with Crippen LogP contribution in [0.3, 0.4) is 0 Å². The molecular formula is C22H23N3O7S. The van der Waals surface area contributed by atoms with E-state index in [9.17, 15) is 30.5 Å². The number of thiocarbonyl (C=S) groups is 1. The Kier molecular flexibility index (Phi) is 5.68. The minimum Gasteiger partial charge on any atom is -0.479 e. The third-order valence-corrected chi connectivity index (χ3v) is 6.34. The molecule has 0 spiro atoms. The molecule has 3 heterocycles. The highest BCUT2D eigenvalue weighted by molar-refractivity contribution is 7.80. The Bertz CT molecular complexity index is 1170. The summed E-state index contributed by atoms with van der Waals surface area (Å²) in [6.07, 6.45) is -8.47. The summed E-state index contributed by atoms with van der Waals surface area (Å²) in [4.78, 5) is 12.9. The number of benzene rings is 1. The highest BCUT2D eigenvalue weighted by Gasteiger charge is 2.52. The van der Waals surface area contributed by atoms with Gasteiger partial charge in [0.2, 0.25) is 0 Å². The first-order valence-electron chi connectivity index (χ1n) is 10.1. The van der Waals surface area contributed by atoms with Gasteiger partial charge in [-0.05, 0) is 55.9 Å². The standard InChI is InChI=1S/C22H23N3O7S/c1-22(2)12-8-10(13-7-5-11(9-23)24(13)3)4-6-14(12)25(21(33)32-22)19-17(28)15(26)16(27)18(31-19)20(29)30/h4-8,15-19,26-28H,1-3H3,(H,29,30)/t15-,16-,17+,18-,19+/m0/s1. The maximum absolute atomic E-state index is 11.6. The Hall–Kier alpha value is -3.01. The number of aliphatic hydroxyl groups is 3. The molecule has 0 unspecified atom stereocenters. The molecule has 4 rings (SSSR count). The summed E-state index contributed by atoms with van der Waals surface area (Å²) in [5.74, 6) is -1.49. The van der Waals surface area contributed by atoms with Gasteiger partial charge in [0.25, 0.3) is 5.17 Å². The van der Waals surface area contributed by atoms with Gasteiger partial charge < -0.3 is 34.5 Å². The van der Waals surface area contributed by atoms with E-state index >= 15 is 0 Å². The number of rotatable bonds is 3. The lowest BCUT2D eigenvalue weighted by Crippen LogP contribution is -2.66. The van der Waals surface area contributed by atoms with E-state index in [2.05, 4.69) is 6.07 Å². The minimum atomic E-state index is -1.82. The number of aliphatic hydroxyl groups excluding tert-OH is 3. The fraction of sp³-hybridized carbons (Fsp3) is 0.409. The number of carboxylic acids is 1. The van der Waals surface area contributed by atoms with Crippen molar-refractivity contribution in [3.05, 3.63) is 41.6 Å². The van der Waals surface area contributed by atoms with Crippen molar-refractivity contribution >= 4 is 29.0 Å². The van der Waals surface area contributed by atoms with E-state index in [0.717, 1.165) is 11.3 Å². The number of anilines is 1. The van der Waals surface area contributed by atoms with E-state index in [1.54, 1.807) is 29.8 Å². The molecule has 2 aliphatic rings. The maximum atomic E-state index is 11.6. The van der Waals surface area contributed by atoms with Gasteiger partial charge in [-0.1, -0.05) is 6.07 Å². The molecule has 0 aliphatic carbocycles. The third-order valence-electron chi connectivity index (χ3n) is 6.06. The number of nitrogens with zero attached hydrogens (tertiary/aromatic N) is 3. The molecule has 11 heteroatoms. The summed E-state index contributed by atoms with van der Waals surface area (Å²) in [7, 11) is 1.78. The quantitative estimate of drug-likeness (QED) is 0.472. The molecule has 174 valence electrons. The van der Waals surface area contributed by atoms with Crippen LogP contribution in [0.5, 0.6) is 0 Å². The molecule has 33 heavy (non-hydrogen) atoms. The lowest BCUT2D eigenvalue weighted by Gasteiger charge is -2.48. The average molecular weight is 474 g/mol. The zero-order valence-electron chi connectivity index (χ0n) is 18.0. The van der Waals surface area contributed by atoms with Crippen LogP contribution in [0, 0.1) is 11.3 Å². The molecule has 2 aromatic rings. The lowest BCUT2D eigenvalue weighted by molar-refractivity contribution is -0.226. The molecule has 1 aromatic heterocycles. The van der Waals surface area contributed by atoms with E-state index in [4.69, 9.17) is 21.7 Å². The maximum Gasteiger partial charge on any atom is 0.335 e. The van der Waals surface area contributed by atoms with Crippen LogP contribution in [0.2, 0.25) is 0 Å². The first-order chi connectivity index (χ1) is 15.5. The van der Waals surface area contributed by atoms with E-state index in [1.807, 2.05) is 26.0 Å². The summed E-state index contributed by atoms with van der Waals surface area (Å²) in [6, 6.07) is 11.0. The summed E-state index contributed by atoms with van der Waals surface area (Å²) in [5.41, 5.74) is 2.36. The van der Waals surface area contributed by atoms with Crippen molar-refractivity contribution in [3.63, 3.8) is 0 Å². The van der Waals surface area contributed by atoms with Gasteiger partial charge in [0.1, 0.15) is 35.7 Å². The predicted octanol–water partition coefficient (Wildman–Crippen LogP) is 0.813. The molecular weight excluding hydrogens is 450 g/mol. The summed E-state index contributed by atoms with van der Waals surface area (Å²) >= 11 is 5.41. The summed E-state index contributed by atoms with van der Waals surface area (Å²) in [5, 5.41) is 49.5. The van der Waals surface area contributed by atoms with Crippen LogP contribution in [0.25, 0.3) is 11.3 Å². The number of nitriles is 1. The summed E-state index contributed by atoms with van der Waals surface area (Å²) in [6.45, 7) is 3.61. The lowest BCUT2D eigenvalue weighted by atomic mass is 9.90. The normalized spacial score (nSPS) is 28.6. The molecule has 0 amide bonds. The molecule has 0 radical (unpaired) electrons. The first-order valence-corrected chi connectivity index (χ1v) is 10.5. The van der Waals surface area contributed by atoms with Crippen molar-refractivity contribution in [1.29, 1.82) is 5.26 Å². The van der Waals surface area contributed by atoms with Gasteiger partial charge in [-0.2, -0.15) is 5.26 Å². The fourth-order valence-corrected chi connectivity index (χ4v) is 4.65. The second-order valence-electron chi connectivity index (χ2n) is 8.51. The van der Waals surface area contributed by atoms with Gasteiger partial charge >= 0.3 is 5.97 Å². The van der Waals surface area contributed by atoms with Crippen molar-refractivity contribution in [3.8, 4) is 17.3 Å². The summed E-state index contributed by atoms with van der Waals surface area (Å²) < 4.78 is 13.2. The molecule has 1 aromatic carbocycles. The highest BCUT2D eigenvalue weighted by Crippen LogP contribution is 2.43. The number of ether oxygens (including phenoxy) is 2. The number of carbonyl (C=O) groups is 1. The molecule has 1 saturated heterocycles. The first kappa shape index (κ1) is 23.2. The Morgan fingerprint density at radius 1 is 1.15 bits per heavy atom. The van der Waals surface area contributed by atoms with Crippen LogP contribution in [0.1, 0.15) is 25.1 Å². The smallest absolute Gasteiger partial charge is 0.335 e. The van der Waals surface area contributed by atoms with Gasteiger partial charge in [-0.15, -0.1) is 0 Å². The van der Waals surface area contributed by atoms with Crippen LogP contribution in [-0.4, -0.2) is 66.8 Å². The van der Waals surface area contributed by atoms with Gasteiger partial charge in [0.15, 0.2) is 12.3 Å². The van der Waals surface area contributed by atoms with E-state index < -0.39 is 42.2 Å². The average Bonchev–Trinajstić information content (AvgIpc) is 3.13. The molecule has 5 atom stereocenters. The number of hydrogen-bond acceptors (Lipinski definition) is 8. The number of carboxylic acid groups (broad SMARTS) is 1. The van der Waals surface area contributed by atoms with Crippen LogP contribution in [-0.2, 0) is 26.9 Å². The molecule has 0 saturated carbocycles. The van der Waals surface area contributed by atoms with Crippen LogP contribution >= 0.6 is 12.2 Å². The van der Waals surface area contributed by atoms with Crippen molar-refractivity contribution in [2.75, 3.05) is 4.90 Å². The van der Waals surface area contributed by atoms with Crippen molar-refractivity contribution in [2.24, 2.45) is 7.05 Å². The van der Waals surface area contributed by atoms with Crippen LogP contribution < -0.4 is 4.90 Å². The van der Waals surface area contributed by atoms with Gasteiger partial charge in [-0.25, -0.2) is 4.79 Å². The van der Waals surface area contributed by atoms with Crippen molar-refractivity contribution in [1.82, 2.24) is 4.57 Å². The van der Waals surface area contributed by atoms with Gasteiger partial charge in [0, 0.05) is 18.3 Å². The van der Waals surface area contributed by atoms with E-state index in [-0.39, 0.29) is 5.17 Å². The zero-order chi connectivity index (χ0) is 24.2. The van der Waals surface area contributed by atoms with Gasteiger partial charge in [0.05, 0.1) is 5.69 Å². The van der Waals surface area contributed by atoms with E-state index in [1.165, 1.54) is 4.90 Å². The fourth-order valence-electron chi connectivity index (χ4n) is 4.24. The Labute approximate surface area is 194 Å². The third kappa shape index (κ3) is 3.66. The van der Waals surface area contributed by atoms with Crippen LogP contribution in [0.4, 0.5) is 5.69 Å². The highest BCUT2D eigenvalue weighted by atomic mass is 32.1. The Morgan fingerprint density at radius 3 is 2.45 bits per heavy atom. The number of fused-ring (bicyclic) bond motifs is 1. The monoisotopic (exact) mass is 473 g/mol. The molecule has 1 fully saturated rings. The Balaban J connectivity index is 1.81. The van der Waals surface area contributed by atoms with Gasteiger partial charge in [-0.3, -0.25) is 4.90 Å². The molecule has 0 bridgehead atoms. The molecule has 2 aliphatic heterocycles. The SMILES string of the molecule is Cn1c(C#N)ccc1-c1ccc2c(c1)C(C)(C)OC(=S)N2[C@@H]1O[C@H](C(=O)O)[C@@H](O)[C@H](O)[C@H]1O. The van der Waals surface area contributed by atoms with Crippen molar-refractivity contribution < 1.29 is 34.7 Å². The second-order valence-corrected chi connectivity index (χ2v) is 8.86. The number of aromatic nitrogens is 1. The van der Waals surface area contributed by atoms with Crippen molar-refractivity contribution in [2.45, 2.75) is 50.1 Å². The molecule has 10 nitrogen and oxygen atoms in total. The predicted molar refractivity (Wildman–Crippen MR) is 119 cm³/mol. The Morgan fingerprint density at radius 2 is 1.85 bits per heavy atom. The minimum absolute atomic E-state index is 0.0809. The molecule has 4 N–H and O–H groups in total. The number of aliphatic carboxylic acids is 1. The topological polar surface area (TPSA) is 148 Å². The number of hydrogen-bond donors (Lipinski definition) is 4.